The van der Waals surface area contributed by atoms with Crippen LogP contribution >= 0.6 is 27.9 Å². The van der Waals surface area contributed by atoms with Gasteiger partial charge in [-0.2, -0.15) is 0 Å². The number of carboxylic acid groups (broad SMARTS) is 1. The number of rotatable bonds is 3. The van der Waals surface area contributed by atoms with Gasteiger partial charge in [-0.25, -0.2) is 0 Å². The molecule has 1 unspecified atom stereocenters. The van der Waals surface area contributed by atoms with Gasteiger partial charge in [-0.1, -0.05) is 13.8 Å². The topological polar surface area (TPSA) is 40.5 Å². The van der Waals surface area contributed by atoms with Crippen molar-refractivity contribution in [3.63, 3.8) is 0 Å². The van der Waals surface area contributed by atoms with Crippen molar-refractivity contribution in [2.24, 2.45) is 5.92 Å². The summed E-state index contributed by atoms with van der Waals surface area (Å²) in [5.41, 5.74) is 0. The quantitative estimate of drug-likeness (QED) is 0.753. The van der Waals surface area contributed by atoms with Gasteiger partial charge in [0, 0.05) is 16.1 Å². The first-order valence-corrected chi connectivity index (χ1v) is 3.85. The number of carboxylic acids is 1. The van der Waals surface area contributed by atoms with Crippen LogP contribution in [0.4, 0.5) is 0 Å². The van der Waals surface area contributed by atoms with E-state index in [9.17, 15) is 4.79 Å². The number of carbonyl (C=O) groups is 1. The van der Waals surface area contributed by atoms with Gasteiger partial charge in [-0.05, 0) is 17.7 Å². The van der Waals surface area contributed by atoms with Gasteiger partial charge in [0.25, 0.3) is 0 Å². The van der Waals surface area contributed by atoms with E-state index in [1.54, 1.807) is 13.8 Å². The van der Waals surface area contributed by atoms with Crippen LogP contribution in [0.25, 0.3) is 0 Å². The zero-order chi connectivity index (χ0) is 8.31. The van der Waals surface area contributed by atoms with Crippen molar-refractivity contribution in [1.82, 2.24) is 3.45 Å². The Morgan fingerprint density at radius 2 is 2.10 bits per heavy atom. The standard InChI is InChI=1S/C5H9BrClNO2/c1-3(2)4(5(9)10)8(6)7/h3-4H,1-2H3,(H,9,10). The van der Waals surface area contributed by atoms with Crippen molar-refractivity contribution in [2.75, 3.05) is 0 Å². The van der Waals surface area contributed by atoms with Crippen LogP contribution in [0.2, 0.25) is 0 Å². The minimum absolute atomic E-state index is 0.0191. The van der Waals surface area contributed by atoms with E-state index in [-0.39, 0.29) is 5.92 Å². The Morgan fingerprint density at radius 1 is 1.70 bits per heavy atom. The lowest BCUT2D eigenvalue weighted by molar-refractivity contribution is -0.141. The molecule has 0 aromatic rings. The van der Waals surface area contributed by atoms with Crippen LogP contribution in [-0.4, -0.2) is 20.6 Å². The van der Waals surface area contributed by atoms with Crippen molar-refractivity contribution in [3.05, 3.63) is 0 Å². The fourth-order valence-electron chi connectivity index (χ4n) is 0.594. The molecule has 0 heterocycles. The van der Waals surface area contributed by atoms with Gasteiger partial charge < -0.3 is 5.11 Å². The highest BCUT2D eigenvalue weighted by Gasteiger charge is 2.26. The van der Waals surface area contributed by atoms with Gasteiger partial charge in [0.2, 0.25) is 0 Å². The Balaban J connectivity index is 4.12. The maximum atomic E-state index is 10.4. The molecular formula is C5H9BrClNO2. The molecular weight excluding hydrogens is 221 g/mol. The fourth-order valence-corrected chi connectivity index (χ4v) is 1.55. The first-order valence-electron chi connectivity index (χ1n) is 2.80. The first-order chi connectivity index (χ1) is 4.46. The van der Waals surface area contributed by atoms with Crippen LogP contribution in [0.1, 0.15) is 13.8 Å². The molecule has 0 aliphatic rings. The average Bonchev–Trinajstić information content (AvgIpc) is 1.59. The van der Waals surface area contributed by atoms with E-state index in [0.717, 1.165) is 3.45 Å². The number of nitrogens with zero attached hydrogens (tertiary/aromatic N) is 1. The molecule has 0 amide bonds. The molecule has 1 N–H and O–H groups in total. The second-order valence-electron chi connectivity index (χ2n) is 2.29. The Labute approximate surface area is 73.4 Å². The Hall–Kier alpha value is 0.200. The highest BCUT2D eigenvalue weighted by atomic mass is 79.9. The highest BCUT2D eigenvalue weighted by Crippen LogP contribution is 2.17. The summed E-state index contributed by atoms with van der Waals surface area (Å²) in [5, 5.41) is 8.56. The van der Waals surface area contributed by atoms with Gasteiger partial charge in [-0.3, -0.25) is 4.79 Å². The van der Waals surface area contributed by atoms with E-state index in [1.807, 2.05) is 0 Å². The molecule has 0 rings (SSSR count). The molecule has 0 saturated heterocycles. The van der Waals surface area contributed by atoms with Crippen molar-refractivity contribution < 1.29 is 9.90 Å². The van der Waals surface area contributed by atoms with E-state index in [4.69, 9.17) is 16.9 Å². The van der Waals surface area contributed by atoms with E-state index >= 15 is 0 Å². The van der Waals surface area contributed by atoms with Crippen molar-refractivity contribution in [1.29, 1.82) is 0 Å². The number of halogens is 2. The second kappa shape index (κ2) is 4.16. The third kappa shape index (κ3) is 2.86. The van der Waals surface area contributed by atoms with Gasteiger partial charge in [-0.15, -0.1) is 3.45 Å². The number of hydrogen-bond donors (Lipinski definition) is 1. The summed E-state index contributed by atoms with van der Waals surface area (Å²) in [5.74, 6) is -0.948. The molecule has 0 spiro atoms. The predicted octanol–water partition coefficient (Wildman–Crippen LogP) is 1.86. The second-order valence-corrected chi connectivity index (χ2v) is 3.82. The number of hydrogen-bond acceptors (Lipinski definition) is 2. The van der Waals surface area contributed by atoms with E-state index in [1.165, 1.54) is 0 Å². The van der Waals surface area contributed by atoms with Gasteiger partial charge in [0.1, 0.15) is 6.04 Å². The molecule has 5 heteroatoms. The molecule has 0 aromatic heterocycles. The minimum atomic E-state index is -0.929. The lowest BCUT2D eigenvalue weighted by Crippen LogP contribution is -2.33. The average molecular weight is 230 g/mol. The van der Waals surface area contributed by atoms with E-state index in [2.05, 4.69) is 16.1 Å². The molecule has 60 valence electrons. The third-order valence-electron chi connectivity index (χ3n) is 1.09. The molecule has 1 atom stereocenters. The molecule has 0 aliphatic heterocycles. The van der Waals surface area contributed by atoms with Crippen molar-refractivity contribution in [2.45, 2.75) is 19.9 Å². The van der Waals surface area contributed by atoms with Gasteiger partial charge in [0.05, 0.1) is 0 Å². The van der Waals surface area contributed by atoms with Crippen molar-refractivity contribution >= 4 is 33.9 Å². The maximum absolute atomic E-state index is 10.4. The normalized spacial score (nSPS) is 14.2. The summed E-state index contributed by atoms with van der Waals surface area (Å²) in [6.07, 6.45) is 0. The van der Waals surface area contributed by atoms with Gasteiger partial charge in [0.15, 0.2) is 0 Å². The van der Waals surface area contributed by atoms with E-state index in [0.29, 0.717) is 0 Å². The summed E-state index contributed by atoms with van der Waals surface area (Å²) < 4.78 is 1.00. The monoisotopic (exact) mass is 229 g/mol. The minimum Gasteiger partial charge on any atom is -0.480 e. The molecule has 0 fully saturated rings. The smallest absolute Gasteiger partial charge is 0.323 e. The molecule has 0 saturated carbocycles. The van der Waals surface area contributed by atoms with Crippen LogP contribution < -0.4 is 0 Å². The van der Waals surface area contributed by atoms with Crippen LogP contribution in [0.3, 0.4) is 0 Å². The summed E-state index contributed by atoms with van der Waals surface area (Å²) in [7, 11) is 0. The molecule has 0 radical (unpaired) electrons. The molecule has 10 heavy (non-hydrogen) atoms. The Bertz CT molecular complexity index is 121. The third-order valence-corrected chi connectivity index (χ3v) is 1.75. The zero-order valence-corrected chi connectivity index (χ0v) is 8.06. The highest BCUT2D eigenvalue weighted by molar-refractivity contribution is 9.08. The lowest BCUT2D eigenvalue weighted by atomic mass is 10.1. The Morgan fingerprint density at radius 3 is 2.10 bits per heavy atom. The molecule has 0 bridgehead atoms. The SMILES string of the molecule is CC(C)C(C(=O)O)N(Cl)Br. The summed E-state index contributed by atoms with van der Waals surface area (Å²) in [4.78, 5) is 10.4. The number of aliphatic carboxylic acids is 1. The first kappa shape index (κ1) is 10.2. The molecule has 0 aliphatic carbocycles. The summed E-state index contributed by atoms with van der Waals surface area (Å²) in [6.45, 7) is 3.57. The van der Waals surface area contributed by atoms with Gasteiger partial charge >= 0.3 is 5.97 Å². The van der Waals surface area contributed by atoms with E-state index < -0.39 is 12.0 Å². The Kier molecular flexibility index (Phi) is 4.24. The zero-order valence-electron chi connectivity index (χ0n) is 5.71. The van der Waals surface area contributed by atoms with Crippen molar-refractivity contribution in [3.8, 4) is 0 Å². The fraction of sp³-hybridized carbons (Fsp3) is 0.800. The predicted molar refractivity (Wildman–Crippen MR) is 42.9 cm³/mol. The summed E-state index contributed by atoms with van der Waals surface area (Å²) >= 11 is 8.26. The summed E-state index contributed by atoms with van der Waals surface area (Å²) in [6, 6.07) is -0.679. The van der Waals surface area contributed by atoms with Crippen LogP contribution in [0.5, 0.6) is 0 Å². The van der Waals surface area contributed by atoms with Crippen LogP contribution in [0.15, 0.2) is 0 Å². The molecule has 3 nitrogen and oxygen atoms in total. The van der Waals surface area contributed by atoms with Crippen LogP contribution in [0, 0.1) is 5.92 Å². The maximum Gasteiger partial charge on any atom is 0.323 e. The molecule has 0 aromatic carbocycles. The lowest BCUT2D eigenvalue weighted by Gasteiger charge is -2.18. The van der Waals surface area contributed by atoms with Crippen LogP contribution in [-0.2, 0) is 4.79 Å². The largest absolute Gasteiger partial charge is 0.480 e.